The Morgan fingerprint density at radius 2 is 1.79 bits per heavy atom. The van der Waals surface area contributed by atoms with Gasteiger partial charge < -0.3 is 0 Å². The number of ketones is 1. The van der Waals surface area contributed by atoms with Crippen LogP contribution in [0.5, 0.6) is 0 Å². The van der Waals surface area contributed by atoms with E-state index < -0.39 is 9.84 Å². The predicted octanol–water partition coefficient (Wildman–Crippen LogP) is 5.78. The van der Waals surface area contributed by atoms with Gasteiger partial charge in [0.1, 0.15) is 5.78 Å². The highest BCUT2D eigenvalue weighted by Gasteiger charge is 2.43. The first-order chi connectivity index (χ1) is 15.9. The van der Waals surface area contributed by atoms with Crippen LogP contribution in [0.15, 0.2) is 90.1 Å². The van der Waals surface area contributed by atoms with Crippen LogP contribution in [-0.2, 0) is 26.8 Å². The Morgan fingerprint density at radius 3 is 2.55 bits per heavy atom. The highest BCUT2D eigenvalue weighted by atomic mass is 35.5. The quantitative estimate of drug-likeness (QED) is 0.340. The number of hydrogen-bond donors (Lipinski definition) is 0. The van der Waals surface area contributed by atoms with E-state index in [-0.39, 0.29) is 28.3 Å². The number of sulfone groups is 1. The number of Topliss-reactive ketones (excluding diaryl/α,β-unsaturated/α-hetero) is 1. The van der Waals surface area contributed by atoms with Crippen molar-refractivity contribution >= 4 is 38.0 Å². The van der Waals surface area contributed by atoms with Gasteiger partial charge in [0.05, 0.1) is 10.6 Å². The lowest BCUT2D eigenvalue weighted by Gasteiger charge is -2.07. The topological polar surface area (TPSA) is 64.1 Å². The number of benzene rings is 3. The Hall–Kier alpha value is -3.02. The molecule has 0 N–H and O–H groups in total. The van der Waals surface area contributed by atoms with Crippen LogP contribution in [0.25, 0.3) is 10.8 Å². The van der Waals surface area contributed by atoms with Crippen LogP contribution >= 0.6 is 11.6 Å². The molecule has 6 heteroatoms. The van der Waals surface area contributed by atoms with E-state index in [4.69, 9.17) is 11.6 Å². The first-order valence-electron chi connectivity index (χ1n) is 10.8. The van der Waals surface area contributed by atoms with Gasteiger partial charge >= 0.3 is 0 Å². The molecule has 1 saturated carbocycles. The number of halogens is 1. The van der Waals surface area contributed by atoms with Gasteiger partial charge in [-0.15, -0.1) is 0 Å². The second kappa shape index (κ2) is 8.73. The lowest BCUT2D eigenvalue weighted by atomic mass is 10.00. The first kappa shape index (κ1) is 21.8. The van der Waals surface area contributed by atoms with E-state index in [1.807, 2.05) is 48.5 Å². The predicted molar refractivity (Wildman–Crippen MR) is 130 cm³/mol. The molecule has 166 valence electrons. The minimum Gasteiger partial charge on any atom is -0.299 e. The summed E-state index contributed by atoms with van der Waals surface area (Å²) in [5, 5.41) is 2.70. The number of nitrogens with zero attached hydrogens (tertiary/aromatic N) is 1. The van der Waals surface area contributed by atoms with Crippen molar-refractivity contribution in [3.63, 3.8) is 0 Å². The first-order valence-corrected chi connectivity index (χ1v) is 12.9. The van der Waals surface area contributed by atoms with Crippen LogP contribution in [0.3, 0.4) is 0 Å². The Balaban J connectivity index is 1.25. The third kappa shape index (κ3) is 4.70. The van der Waals surface area contributed by atoms with Gasteiger partial charge in [0.2, 0.25) is 0 Å². The summed E-state index contributed by atoms with van der Waals surface area (Å²) in [6.07, 6.45) is 4.36. The number of rotatable bonds is 7. The second-order valence-corrected chi connectivity index (χ2v) is 11.0. The van der Waals surface area contributed by atoms with Gasteiger partial charge in [-0.3, -0.25) is 9.78 Å². The van der Waals surface area contributed by atoms with Crippen molar-refractivity contribution < 1.29 is 13.2 Å². The SMILES string of the molecule is O=C(Cc1ccc2cccc(Cl)c2c1)[C@@H]1CC1c1ccc(S(=O)(=O)Cc2cccnc2)cc1. The molecular weight excluding hydrogens is 454 g/mol. The van der Waals surface area contributed by atoms with Gasteiger partial charge in [-0.2, -0.15) is 0 Å². The molecule has 1 aliphatic rings. The molecule has 3 aromatic carbocycles. The maximum Gasteiger partial charge on any atom is 0.182 e. The van der Waals surface area contributed by atoms with E-state index in [9.17, 15) is 13.2 Å². The van der Waals surface area contributed by atoms with Gasteiger partial charge in [-0.25, -0.2) is 8.42 Å². The molecule has 1 heterocycles. The molecule has 2 atom stereocenters. The Kier molecular flexibility index (Phi) is 5.77. The molecular formula is C27H22ClNO3S. The largest absolute Gasteiger partial charge is 0.299 e. The minimum absolute atomic E-state index is 0.0233. The van der Waals surface area contributed by atoms with Crippen LogP contribution in [0.2, 0.25) is 5.02 Å². The number of hydrogen-bond acceptors (Lipinski definition) is 4. The van der Waals surface area contributed by atoms with Crippen LogP contribution < -0.4 is 0 Å². The molecule has 1 aromatic heterocycles. The third-order valence-electron chi connectivity index (χ3n) is 6.22. The maximum atomic E-state index is 12.9. The molecule has 1 unspecified atom stereocenters. The molecule has 0 amide bonds. The Labute approximate surface area is 198 Å². The van der Waals surface area contributed by atoms with Crippen LogP contribution in [0.4, 0.5) is 0 Å². The highest BCUT2D eigenvalue weighted by molar-refractivity contribution is 7.90. The van der Waals surface area contributed by atoms with Crippen molar-refractivity contribution in [3.05, 3.63) is 107 Å². The molecule has 0 bridgehead atoms. The standard InChI is InChI=1S/C27H22ClNO3S/c28-26-5-1-4-20-7-6-18(13-24(20)26)14-27(30)25-15-23(25)21-8-10-22(11-9-21)33(31,32)17-19-3-2-12-29-16-19/h1-13,16,23,25H,14-15,17H2/t23?,25-/m1/s1. The monoisotopic (exact) mass is 475 g/mol. The second-order valence-electron chi connectivity index (χ2n) is 8.58. The molecule has 0 aliphatic heterocycles. The lowest BCUT2D eigenvalue weighted by Crippen LogP contribution is -2.07. The average Bonchev–Trinajstić information content (AvgIpc) is 3.61. The van der Waals surface area contributed by atoms with Gasteiger partial charge in [0, 0.05) is 35.1 Å². The van der Waals surface area contributed by atoms with Gasteiger partial charge in [0.25, 0.3) is 0 Å². The molecule has 4 nitrogen and oxygen atoms in total. The van der Waals surface area contributed by atoms with Crippen molar-refractivity contribution in [2.75, 3.05) is 0 Å². The normalized spacial score (nSPS) is 17.7. The van der Waals surface area contributed by atoms with E-state index in [1.165, 1.54) is 0 Å². The number of aromatic nitrogens is 1. The van der Waals surface area contributed by atoms with Crippen molar-refractivity contribution in [2.24, 2.45) is 5.92 Å². The van der Waals surface area contributed by atoms with Gasteiger partial charge in [0.15, 0.2) is 9.84 Å². The summed E-state index contributed by atoms with van der Waals surface area (Å²) in [7, 11) is -3.45. The molecule has 0 saturated heterocycles. The van der Waals surface area contributed by atoms with E-state index >= 15 is 0 Å². The fourth-order valence-corrected chi connectivity index (χ4v) is 5.92. The zero-order chi connectivity index (χ0) is 23.0. The molecule has 5 rings (SSSR count). The molecule has 0 radical (unpaired) electrons. The summed E-state index contributed by atoms with van der Waals surface area (Å²) in [5.41, 5.74) is 2.63. The summed E-state index contributed by atoms with van der Waals surface area (Å²) in [6, 6.07) is 22.2. The maximum absolute atomic E-state index is 12.9. The van der Waals surface area contributed by atoms with Crippen molar-refractivity contribution in [2.45, 2.75) is 29.4 Å². The summed E-state index contributed by atoms with van der Waals surface area (Å²) < 4.78 is 25.4. The van der Waals surface area contributed by atoms with Crippen LogP contribution in [0, 0.1) is 5.92 Å². The van der Waals surface area contributed by atoms with Crippen molar-refractivity contribution in [3.8, 4) is 0 Å². The zero-order valence-electron chi connectivity index (χ0n) is 17.8. The van der Waals surface area contributed by atoms with Crippen molar-refractivity contribution in [1.29, 1.82) is 0 Å². The van der Waals surface area contributed by atoms with Crippen LogP contribution in [-0.4, -0.2) is 19.2 Å². The van der Waals surface area contributed by atoms with Gasteiger partial charge in [-0.05, 0) is 64.7 Å². The highest BCUT2D eigenvalue weighted by Crippen LogP contribution is 2.48. The lowest BCUT2D eigenvalue weighted by molar-refractivity contribution is -0.119. The van der Waals surface area contributed by atoms with E-state index in [1.54, 1.807) is 36.7 Å². The van der Waals surface area contributed by atoms with E-state index in [2.05, 4.69) is 4.98 Å². The number of fused-ring (bicyclic) bond motifs is 1. The summed E-state index contributed by atoms with van der Waals surface area (Å²) >= 11 is 6.30. The Bertz CT molecular complexity index is 1430. The van der Waals surface area contributed by atoms with E-state index in [0.29, 0.717) is 17.0 Å². The molecule has 1 fully saturated rings. The fourth-order valence-electron chi connectivity index (χ4n) is 4.35. The number of carbonyl (C=O) groups excluding carboxylic acids is 1. The summed E-state index contributed by atoms with van der Waals surface area (Å²) in [5.74, 6) is 0.252. The fraction of sp³-hybridized carbons (Fsp3) is 0.185. The summed E-state index contributed by atoms with van der Waals surface area (Å²) in [4.78, 5) is 17.1. The summed E-state index contributed by atoms with van der Waals surface area (Å²) in [6.45, 7) is 0. The zero-order valence-corrected chi connectivity index (χ0v) is 19.4. The van der Waals surface area contributed by atoms with Crippen molar-refractivity contribution in [1.82, 2.24) is 4.98 Å². The minimum atomic E-state index is -3.45. The smallest absolute Gasteiger partial charge is 0.182 e. The Morgan fingerprint density at radius 1 is 0.970 bits per heavy atom. The molecule has 33 heavy (non-hydrogen) atoms. The number of carbonyl (C=O) groups is 1. The third-order valence-corrected chi connectivity index (χ3v) is 8.26. The molecule has 4 aromatic rings. The van der Waals surface area contributed by atoms with E-state index in [0.717, 1.165) is 28.3 Å². The average molecular weight is 476 g/mol. The number of pyridine rings is 1. The molecule has 1 aliphatic carbocycles. The van der Waals surface area contributed by atoms with Gasteiger partial charge in [-0.1, -0.05) is 54.1 Å². The van der Waals surface area contributed by atoms with Crippen LogP contribution in [0.1, 0.15) is 29.0 Å². The molecule has 0 spiro atoms.